The molecule has 0 saturated heterocycles. The molecule has 0 unspecified atom stereocenters. The van der Waals surface area contributed by atoms with Crippen LogP contribution in [0.25, 0.3) is 16.8 Å². The highest BCUT2D eigenvalue weighted by Gasteiger charge is 2.08. The average Bonchev–Trinajstić information content (AvgIpc) is 2.67. The highest BCUT2D eigenvalue weighted by molar-refractivity contribution is 6.32. The number of phenols is 1. The fourth-order valence-corrected chi connectivity index (χ4v) is 2.84. The van der Waals surface area contributed by atoms with Gasteiger partial charge in [-0.15, -0.1) is 0 Å². The van der Waals surface area contributed by atoms with Crippen molar-refractivity contribution in [1.29, 1.82) is 0 Å². The number of halogens is 1. The second kappa shape index (κ2) is 7.50. The molecule has 3 rings (SSSR count). The van der Waals surface area contributed by atoms with Gasteiger partial charge in [-0.3, -0.25) is 4.79 Å². The van der Waals surface area contributed by atoms with Crippen LogP contribution in [-0.4, -0.2) is 25.1 Å². The minimum absolute atomic E-state index is 0.123. The van der Waals surface area contributed by atoms with Gasteiger partial charge in [-0.05, 0) is 52.7 Å². The van der Waals surface area contributed by atoms with Crippen LogP contribution in [0.3, 0.4) is 0 Å². The van der Waals surface area contributed by atoms with Gasteiger partial charge in [0.25, 0.3) is 0 Å². The molecular formula is C21H17ClO4. The fourth-order valence-electron chi connectivity index (χ4n) is 2.62. The summed E-state index contributed by atoms with van der Waals surface area (Å²) in [7, 11) is 3.06. The molecule has 5 heteroatoms. The van der Waals surface area contributed by atoms with Crippen LogP contribution in [0.1, 0.15) is 15.9 Å². The lowest BCUT2D eigenvalue weighted by Gasteiger charge is -2.06. The molecule has 0 heterocycles. The van der Waals surface area contributed by atoms with Gasteiger partial charge in [0.1, 0.15) is 5.75 Å². The first-order valence-electron chi connectivity index (χ1n) is 7.88. The molecule has 3 aromatic carbocycles. The Morgan fingerprint density at radius 2 is 1.73 bits per heavy atom. The van der Waals surface area contributed by atoms with Crippen LogP contribution in [0.4, 0.5) is 0 Å². The Bertz CT molecular complexity index is 1010. The predicted octanol–water partition coefficient (Wildman–Crippen LogP) is 5.11. The Hall–Kier alpha value is -2.98. The third-order valence-electron chi connectivity index (χ3n) is 4.03. The van der Waals surface area contributed by atoms with Gasteiger partial charge < -0.3 is 14.6 Å². The smallest absolute Gasteiger partial charge is 0.185 e. The molecule has 4 nitrogen and oxygen atoms in total. The van der Waals surface area contributed by atoms with E-state index in [4.69, 9.17) is 21.1 Å². The number of rotatable bonds is 5. The van der Waals surface area contributed by atoms with Crippen LogP contribution in [0.5, 0.6) is 17.2 Å². The van der Waals surface area contributed by atoms with Crippen LogP contribution >= 0.6 is 11.6 Å². The van der Waals surface area contributed by atoms with Crippen LogP contribution in [0, 0.1) is 0 Å². The van der Waals surface area contributed by atoms with Crippen LogP contribution in [0.2, 0.25) is 5.02 Å². The number of ether oxygens (including phenoxy) is 2. The molecule has 0 aromatic heterocycles. The number of aromatic hydroxyl groups is 1. The highest BCUT2D eigenvalue weighted by Crippen LogP contribution is 2.35. The second-order valence-corrected chi connectivity index (χ2v) is 6.09. The second-order valence-electron chi connectivity index (χ2n) is 5.68. The summed E-state index contributed by atoms with van der Waals surface area (Å²) in [5.74, 6) is 0.771. The van der Waals surface area contributed by atoms with Gasteiger partial charge in [0.05, 0.1) is 19.2 Å². The van der Waals surface area contributed by atoms with Gasteiger partial charge in [0, 0.05) is 5.56 Å². The van der Waals surface area contributed by atoms with E-state index in [0.717, 1.165) is 16.5 Å². The first-order chi connectivity index (χ1) is 12.5. The Morgan fingerprint density at radius 1 is 1.00 bits per heavy atom. The zero-order valence-electron chi connectivity index (χ0n) is 14.3. The van der Waals surface area contributed by atoms with Gasteiger partial charge >= 0.3 is 0 Å². The maximum absolute atomic E-state index is 12.5. The molecule has 0 spiro atoms. The number of hydrogen-bond acceptors (Lipinski definition) is 4. The van der Waals surface area contributed by atoms with E-state index in [1.165, 1.54) is 13.2 Å². The van der Waals surface area contributed by atoms with Crippen molar-refractivity contribution in [3.8, 4) is 17.2 Å². The van der Waals surface area contributed by atoms with Gasteiger partial charge in [0.15, 0.2) is 17.3 Å². The Labute approximate surface area is 156 Å². The van der Waals surface area contributed by atoms with E-state index in [1.807, 2.05) is 30.3 Å². The largest absolute Gasteiger partial charge is 0.503 e. The zero-order valence-corrected chi connectivity index (χ0v) is 15.1. The van der Waals surface area contributed by atoms with E-state index >= 15 is 0 Å². The van der Waals surface area contributed by atoms with Crippen molar-refractivity contribution >= 4 is 34.2 Å². The standard InChI is InChI=1S/C21H17ClO4/c1-25-17-7-6-14-11-16(5-4-15(14)12-17)19(23)8-3-13-9-18(22)21(24)20(10-13)26-2/h3-12,24H,1-2H3/b8-3+. The van der Waals surface area contributed by atoms with Crippen LogP contribution in [-0.2, 0) is 0 Å². The van der Waals surface area contributed by atoms with Crippen molar-refractivity contribution in [2.24, 2.45) is 0 Å². The molecule has 0 fully saturated rings. The summed E-state index contributed by atoms with van der Waals surface area (Å²) in [6.07, 6.45) is 3.10. The minimum atomic E-state index is -0.133. The van der Waals surface area contributed by atoms with Crippen molar-refractivity contribution in [2.75, 3.05) is 14.2 Å². The first kappa shape index (κ1) is 17.8. The number of benzene rings is 3. The number of ketones is 1. The fraction of sp³-hybridized carbons (Fsp3) is 0.0952. The number of carbonyl (C=O) groups excluding carboxylic acids is 1. The summed E-state index contributed by atoms with van der Waals surface area (Å²) in [5.41, 5.74) is 1.24. The number of fused-ring (bicyclic) bond motifs is 1. The minimum Gasteiger partial charge on any atom is -0.503 e. The van der Waals surface area contributed by atoms with Crippen molar-refractivity contribution < 1.29 is 19.4 Å². The topological polar surface area (TPSA) is 55.8 Å². The summed E-state index contributed by atoms with van der Waals surface area (Å²) < 4.78 is 10.3. The molecule has 0 radical (unpaired) electrons. The Kier molecular flexibility index (Phi) is 5.14. The molecule has 0 atom stereocenters. The monoisotopic (exact) mass is 368 g/mol. The van der Waals surface area contributed by atoms with E-state index in [1.54, 1.807) is 31.4 Å². The summed E-state index contributed by atoms with van der Waals surface area (Å²) >= 11 is 5.96. The maximum Gasteiger partial charge on any atom is 0.185 e. The predicted molar refractivity (Wildman–Crippen MR) is 104 cm³/mol. The summed E-state index contributed by atoms with van der Waals surface area (Å²) in [6.45, 7) is 0. The lowest BCUT2D eigenvalue weighted by Crippen LogP contribution is -1.94. The SMILES string of the molecule is COc1ccc2cc(C(=O)/C=C/c3cc(Cl)c(O)c(OC)c3)ccc2c1. The van der Waals surface area contributed by atoms with E-state index in [0.29, 0.717) is 11.1 Å². The molecule has 3 aromatic rings. The molecule has 0 bridgehead atoms. The Balaban J connectivity index is 1.87. The number of methoxy groups -OCH3 is 2. The van der Waals surface area contributed by atoms with Crippen molar-refractivity contribution in [3.05, 3.63) is 70.8 Å². The number of phenolic OH excluding ortho intramolecular Hbond substituents is 1. The van der Waals surface area contributed by atoms with Gasteiger partial charge in [0.2, 0.25) is 0 Å². The van der Waals surface area contributed by atoms with E-state index in [2.05, 4.69) is 0 Å². The normalized spacial score (nSPS) is 11.0. The quantitative estimate of drug-likeness (QED) is 0.502. The van der Waals surface area contributed by atoms with Crippen molar-refractivity contribution in [3.63, 3.8) is 0 Å². The molecule has 132 valence electrons. The third kappa shape index (κ3) is 3.65. The summed E-state index contributed by atoms with van der Waals surface area (Å²) in [4.78, 5) is 12.5. The molecule has 0 amide bonds. The molecular weight excluding hydrogens is 352 g/mol. The lowest BCUT2D eigenvalue weighted by atomic mass is 10.0. The molecule has 0 aliphatic rings. The Morgan fingerprint density at radius 3 is 2.46 bits per heavy atom. The van der Waals surface area contributed by atoms with Gasteiger partial charge in [-0.2, -0.15) is 0 Å². The average molecular weight is 369 g/mol. The highest BCUT2D eigenvalue weighted by atomic mass is 35.5. The summed E-state index contributed by atoms with van der Waals surface area (Å²) in [6, 6.07) is 14.4. The van der Waals surface area contributed by atoms with E-state index < -0.39 is 0 Å². The van der Waals surface area contributed by atoms with Crippen molar-refractivity contribution in [2.45, 2.75) is 0 Å². The molecule has 0 aliphatic carbocycles. The number of allylic oxidation sites excluding steroid dienone is 1. The lowest BCUT2D eigenvalue weighted by molar-refractivity contribution is 0.104. The van der Waals surface area contributed by atoms with Crippen LogP contribution < -0.4 is 9.47 Å². The third-order valence-corrected chi connectivity index (χ3v) is 4.32. The van der Waals surface area contributed by atoms with Crippen LogP contribution in [0.15, 0.2) is 54.6 Å². The van der Waals surface area contributed by atoms with E-state index in [9.17, 15) is 9.90 Å². The van der Waals surface area contributed by atoms with Crippen molar-refractivity contribution in [1.82, 2.24) is 0 Å². The number of hydrogen-bond donors (Lipinski definition) is 1. The molecule has 1 N–H and O–H groups in total. The van der Waals surface area contributed by atoms with Gasteiger partial charge in [-0.25, -0.2) is 0 Å². The van der Waals surface area contributed by atoms with E-state index in [-0.39, 0.29) is 22.3 Å². The first-order valence-corrected chi connectivity index (χ1v) is 8.26. The molecule has 0 aliphatic heterocycles. The maximum atomic E-state index is 12.5. The number of carbonyl (C=O) groups is 1. The zero-order chi connectivity index (χ0) is 18.7. The molecule has 26 heavy (non-hydrogen) atoms. The summed E-state index contributed by atoms with van der Waals surface area (Å²) in [5, 5.41) is 11.9. The van der Waals surface area contributed by atoms with Gasteiger partial charge in [-0.1, -0.05) is 35.9 Å². The molecule has 0 saturated carbocycles.